The Bertz CT molecular complexity index is 594. The van der Waals surface area contributed by atoms with Gasteiger partial charge in [0.1, 0.15) is 5.82 Å². The van der Waals surface area contributed by atoms with Crippen molar-refractivity contribution in [3.05, 3.63) is 70.5 Å². The number of halogens is 1. The molecule has 0 saturated heterocycles. The number of nitrogens with two attached hydrogens (primary N) is 1. The number of benzene rings is 2. The predicted octanol–water partition coefficient (Wildman–Crippen LogP) is 4.29. The first-order chi connectivity index (χ1) is 9.82. The highest BCUT2D eigenvalue weighted by molar-refractivity contribution is 5.36. The van der Waals surface area contributed by atoms with Gasteiger partial charge in [0.25, 0.3) is 0 Å². The van der Waals surface area contributed by atoms with Gasteiger partial charge in [0, 0.05) is 11.5 Å². The molecule has 112 valence electrons. The summed E-state index contributed by atoms with van der Waals surface area (Å²) in [5.41, 5.74) is 11.2. The topological polar surface area (TPSA) is 26.0 Å². The van der Waals surface area contributed by atoms with Crippen molar-refractivity contribution in [3.8, 4) is 0 Å². The van der Waals surface area contributed by atoms with Gasteiger partial charge in [-0.05, 0) is 54.7 Å². The van der Waals surface area contributed by atoms with Crippen molar-refractivity contribution in [1.82, 2.24) is 0 Å². The maximum Gasteiger partial charge on any atom is 0.123 e. The van der Waals surface area contributed by atoms with E-state index in [1.807, 2.05) is 12.1 Å². The second-order valence-electron chi connectivity index (χ2n) is 6.41. The van der Waals surface area contributed by atoms with Crippen LogP contribution in [0.3, 0.4) is 0 Å². The summed E-state index contributed by atoms with van der Waals surface area (Å²) in [5, 5.41) is 0. The number of aryl methyl sites for hydroxylation is 2. The van der Waals surface area contributed by atoms with Crippen LogP contribution in [0.5, 0.6) is 0 Å². The Morgan fingerprint density at radius 3 is 2.05 bits per heavy atom. The van der Waals surface area contributed by atoms with E-state index in [0.29, 0.717) is 0 Å². The molecule has 0 aliphatic rings. The molecule has 21 heavy (non-hydrogen) atoms. The summed E-state index contributed by atoms with van der Waals surface area (Å²) in [4.78, 5) is 0. The first kappa shape index (κ1) is 15.7. The van der Waals surface area contributed by atoms with Crippen LogP contribution in [-0.2, 0) is 11.8 Å². The van der Waals surface area contributed by atoms with Crippen LogP contribution in [0, 0.1) is 19.7 Å². The largest absolute Gasteiger partial charge is 0.327 e. The molecular weight excluding hydrogens is 261 g/mol. The zero-order valence-electron chi connectivity index (χ0n) is 13.3. The lowest BCUT2D eigenvalue weighted by molar-refractivity contribution is 0.405. The summed E-state index contributed by atoms with van der Waals surface area (Å²) in [5.74, 6) is -0.210. The fourth-order valence-electron chi connectivity index (χ4n) is 2.74. The van der Waals surface area contributed by atoms with E-state index in [2.05, 4.69) is 45.9 Å². The molecule has 0 radical (unpaired) electrons. The van der Waals surface area contributed by atoms with Crippen molar-refractivity contribution in [2.75, 3.05) is 0 Å². The van der Waals surface area contributed by atoms with Crippen LogP contribution < -0.4 is 5.73 Å². The first-order valence-electron chi connectivity index (χ1n) is 7.39. The second kappa shape index (κ2) is 5.98. The zero-order chi connectivity index (χ0) is 15.6. The molecule has 2 aromatic carbocycles. The van der Waals surface area contributed by atoms with Crippen molar-refractivity contribution in [2.24, 2.45) is 5.73 Å². The first-order valence-corrected chi connectivity index (χ1v) is 7.39. The molecule has 2 heteroatoms. The molecular formula is C19H24FN. The zero-order valence-corrected chi connectivity index (χ0v) is 13.3. The van der Waals surface area contributed by atoms with E-state index in [4.69, 9.17) is 5.73 Å². The van der Waals surface area contributed by atoms with E-state index in [1.54, 1.807) is 0 Å². The van der Waals surface area contributed by atoms with Gasteiger partial charge >= 0.3 is 0 Å². The fraction of sp³-hybridized carbons (Fsp3) is 0.368. The molecule has 0 spiro atoms. The van der Waals surface area contributed by atoms with E-state index in [1.165, 1.54) is 28.8 Å². The van der Waals surface area contributed by atoms with Crippen LogP contribution >= 0.6 is 0 Å². The molecule has 1 unspecified atom stereocenters. The molecule has 0 bridgehead atoms. The minimum atomic E-state index is -0.210. The van der Waals surface area contributed by atoms with Gasteiger partial charge in [-0.2, -0.15) is 0 Å². The third-order valence-corrected chi connectivity index (χ3v) is 4.58. The lowest BCUT2D eigenvalue weighted by Gasteiger charge is -2.33. The molecule has 0 aromatic heterocycles. The molecule has 1 nitrogen and oxygen atoms in total. The lowest BCUT2D eigenvalue weighted by Crippen LogP contribution is -2.42. The smallest absolute Gasteiger partial charge is 0.123 e. The summed E-state index contributed by atoms with van der Waals surface area (Å²) in [7, 11) is 0. The van der Waals surface area contributed by atoms with Gasteiger partial charge in [0.2, 0.25) is 0 Å². The Hall–Kier alpha value is -1.67. The molecule has 0 fully saturated rings. The average molecular weight is 285 g/mol. The van der Waals surface area contributed by atoms with E-state index in [0.717, 1.165) is 12.0 Å². The second-order valence-corrected chi connectivity index (χ2v) is 6.41. The van der Waals surface area contributed by atoms with Crippen LogP contribution in [-0.4, -0.2) is 6.04 Å². The normalized spacial score (nSPS) is 13.2. The Morgan fingerprint density at radius 2 is 1.52 bits per heavy atom. The van der Waals surface area contributed by atoms with Gasteiger partial charge in [-0.25, -0.2) is 4.39 Å². The van der Waals surface area contributed by atoms with Crippen LogP contribution in [0.4, 0.5) is 4.39 Å². The van der Waals surface area contributed by atoms with Gasteiger partial charge in [-0.1, -0.05) is 44.2 Å². The minimum absolute atomic E-state index is 0.0252. The van der Waals surface area contributed by atoms with Crippen LogP contribution in [0.2, 0.25) is 0 Å². The minimum Gasteiger partial charge on any atom is -0.327 e. The van der Waals surface area contributed by atoms with Crippen LogP contribution in [0.25, 0.3) is 0 Å². The summed E-state index contributed by atoms with van der Waals surface area (Å²) in [6.45, 7) is 8.50. The van der Waals surface area contributed by atoms with Crippen LogP contribution in [0.1, 0.15) is 36.1 Å². The van der Waals surface area contributed by atoms with E-state index in [9.17, 15) is 4.39 Å². The maximum atomic E-state index is 13.1. The Morgan fingerprint density at radius 1 is 1.00 bits per heavy atom. The SMILES string of the molecule is Cc1cccc(C)c1CC(N)C(C)(C)c1ccc(F)cc1. The van der Waals surface area contributed by atoms with Crippen LogP contribution in [0.15, 0.2) is 42.5 Å². The molecule has 0 saturated carbocycles. The average Bonchev–Trinajstić information content (AvgIpc) is 2.43. The summed E-state index contributed by atoms with van der Waals surface area (Å²) in [6.07, 6.45) is 0.822. The fourth-order valence-corrected chi connectivity index (χ4v) is 2.74. The number of hydrogen-bond acceptors (Lipinski definition) is 1. The van der Waals surface area contributed by atoms with Crippen molar-refractivity contribution in [2.45, 2.75) is 45.6 Å². The van der Waals surface area contributed by atoms with E-state index >= 15 is 0 Å². The van der Waals surface area contributed by atoms with Gasteiger partial charge < -0.3 is 5.73 Å². The highest BCUT2D eigenvalue weighted by Crippen LogP contribution is 2.29. The third-order valence-electron chi connectivity index (χ3n) is 4.58. The molecule has 1 atom stereocenters. The number of hydrogen-bond donors (Lipinski definition) is 1. The summed E-state index contributed by atoms with van der Waals surface area (Å²) >= 11 is 0. The Kier molecular flexibility index (Phi) is 4.48. The Balaban J connectivity index is 2.26. The van der Waals surface area contributed by atoms with Crippen molar-refractivity contribution >= 4 is 0 Å². The molecule has 2 aromatic rings. The highest BCUT2D eigenvalue weighted by atomic mass is 19.1. The quantitative estimate of drug-likeness (QED) is 0.891. The maximum absolute atomic E-state index is 13.1. The molecule has 0 heterocycles. The third kappa shape index (κ3) is 3.33. The van der Waals surface area contributed by atoms with Gasteiger partial charge in [-0.15, -0.1) is 0 Å². The van der Waals surface area contributed by atoms with E-state index < -0.39 is 0 Å². The lowest BCUT2D eigenvalue weighted by atomic mass is 9.75. The Labute approximate surface area is 127 Å². The standard InChI is InChI=1S/C19H24FN/c1-13-6-5-7-14(2)17(13)12-18(21)19(3,4)15-8-10-16(20)11-9-15/h5-11,18H,12,21H2,1-4H3. The summed E-state index contributed by atoms with van der Waals surface area (Å²) < 4.78 is 13.1. The summed E-state index contributed by atoms with van der Waals surface area (Å²) in [6, 6.07) is 13.0. The highest BCUT2D eigenvalue weighted by Gasteiger charge is 2.29. The predicted molar refractivity (Wildman–Crippen MR) is 87.0 cm³/mol. The molecule has 0 aliphatic carbocycles. The van der Waals surface area contributed by atoms with E-state index in [-0.39, 0.29) is 17.3 Å². The van der Waals surface area contributed by atoms with Crippen molar-refractivity contribution in [3.63, 3.8) is 0 Å². The van der Waals surface area contributed by atoms with Gasteiger partial charge in [0.15, 0.2) is 0 Å². The molecule has 0 amide bonds. The molecule has 2 rings (SSSR count). The molecule has 2 N–H and O–H groups in total. The van der Waals surface area contributed by atoms with Crippen molar-refractivity contribution in [1.29, 1.82) is 0 Å². The molecule has 0 aliphatic heterocycles. The van der Waals surface area contributed by atoms with Gasteiger partial charge in [-0.3, -0.25) is 0 Å². The number of rotatable bonds is 4. The van der Waals surface area contributed by atoms with Gasteiger partial charge in [0.05, 0.1) is 0 Å². The van der Waals surface area contributed by atoms with Crippen molar-refractivity contribution < 1.29 is 4.39 Å². The monoisotopic (exact) mass is 285 g/mol.